The lowest BCUT2D eigenvalue weighted by molar-refractivity contribution is 0.283. The number of rotatable bonds is 1. The van der Waals surface area contributed by atoms with Crippen LogP contribution >= 0.6 is 23.1 Å². The van der Waals surface area contributed by atoms with E-state index in [0.29, 0.717) is 17.1 Å². The van der Waals surface area contributed by atoms with Crippen molar-refractivity contribution in [3.63, 3.8) is 0 Å². The predicted octanol–water partition coefficient (Wildman–Crippen LogP) is 3.68. The fourth-order valence-electron chi connectivity index (χ4n) is 4.64. The van der Waals surface area contributed by atoms with Crippen LogP contribution in [0.25, 0.3) is 0 Å². The number of aromatic amines is 1. The number of thiazole rings is 1. The van der Waals surface area contributed by atoms with Crippen molar-refractivity contribution in [1.82, 2.24) is 4.98 Å². The van der Waals surface area contributed by atoms with Crippen molar-refractivity contribution >= 4 is 23.1 Å². The van der Waals surface area contributed by atoms with Crippen LogP contribution < -0.4 is 4.87 Å². The van der Waals surface area contributed by atoms with Crippen molar-refractivity contribution in [3.05, 3.63) is 38.7 Å². The van der Waals surface area contributed by atoms with Crippen LogP contribution in [0, 0.1) is 17.8 Å². The highest BCUT2D eigenvalue weighted by Crippen LogP contribution is 2.63. The van der Waals surface area contributed by atoms with Gasteiger partial charge in [-0.2, -0.15) is 0 Å². The lowest BCUT2D eigenvalue weighted by Crippen LogP contribution is -2.33. The zero-order chi connectivity index (χ0) is 13.3. The summed E-state index contributed by atoms with van der Waals surface area (Å²) in [7, 11) is 0. The van der Waals surface area contributed by atoms with Crippen LogP contribution in [0.5, 0.6) is 0 Å². The molecule has 5 rings (SSSR count). The summed E-state index contributed by atoms with van der Waals surface area (Å²) in [6.07, 6.45) is 5.86. The number of thioether (sulfide) groups is 1. The third kappa shape index (κ3) is 1.45. The summed E-state index contributed by atoms with van der Waals surface area (Å²) in [6.45, 7) is 0. The Morgan fingerprint density at radius 3 is 3.05 bits per heavy atom. The van der Waals surface area contributed by atoms with Crippen molar-refractivity contribution < 1.29 is 4.42 Å². The first kappa shape index (κ1) is 11.7. The normalized spacial score (nSPS) is 37.9. The molecule has 104 valence electrons. The Morgan fingerprint density at radius 1 is 1.30 bits per heavy atom. The number of furan rings is 1. The molecular weight excluding hydrogens is 290 g/mol. The predicted molar refractivity (Wildman–Crippen MR) is 79.5 cm³/mol. The summed E-state index contributed by atoms with van der Waals surface area (Å²) >= 11 is 3.31. The Hall–Kier alpha value is -0.940. The van der Waals surface area contributed by atoms with Gasteiger partial charge in [-0.15, -0.1) is 11.8 Å². The average molecular weight is 305 g/mol. The molecule has 3 aliphatic rings. The van der Waals surface area contributed by atoms with E-state index < -0.39 is 0 Å². The first-order chi connectivity index (χ1) is 9.81. The fourth-order valence-corrected chi connectivity index (χ4v) is 7.51. The van der Waals surface area contributed by atoms with E-state index in [9.17, 15) is 4.79 Å². The number of H-pyrrole nitrogens is 1. The SMILES string of the molecule is O=c1[nH]c2c(s1)[C@@H](c1ccco1)[C@H]1[C@@H]3CC[C@@H](C3)[C@@H]1S2. The molecule has 2 saturated carbocycles. The van der Waals surface area contributed by atoms with E-state index in [4.69, 9.17) is 4.42 Å². The van der Waals surface area contributed by atoms with Crippen LogP contribution in [0.2, 0.25) is 0 Å². The summed E-state index contributed by atoms with van der Waals surface area (Å²) in [6, 6.07) is 4.05. The molecule has 2 bridgehead atoms. The molecule has 2 aromatic rings. The van der Waals surface area contributed by atoms with E-state index in [2.05, 4.69) is 11.1 Å². The third-order valence-corrected chi connectivity index (χ3v) is 7.94. The second-order valence-corrected chi connectivity index (χ2v) is 8.40. The maximum atomic E-state index is 11.8. The molecule has 2 fully saturated rings. The molecule has 2 aromatic heterocycles. The van der Waals surface area contributed by atoms with Gasteiger partial charge in [-0.3, -0.25) is 4.79 Å². The Balaban J connectivity index is 1.71. The van der Waals surface area contributed by atoms with Gasteiger partial charge in [0.2, 0.25) is 0 Å². The van der Waals surface area contributed by atoms with E-state index in [-0.39, 0.29) is 4.87 Å². The smallest absolute Gasteiger partial charge is 0.305 e. The van der Waals surface area contributed by atoms with Gasteiger partial charge in [0.15, 0.2) is 0 Å². The first-order valence-electron chi connectivity index (χ1n) is 7.24. The molecule has 1 N–H and O–H groups in total. The third-order valence-electron chi connectivity index (χ3n) is 5.32. The molecule has 5 atom stereocenters. The number of hydrogen-bond acceptors (Lipinski definition) is 4. The molecule has 20 heavy (non-hydrogen) atoms. The molecule has 0 radical (unpaired) electrons. The van der Waals surface area contributed by atoms with Gasteiger partial charge in [0.1, 0.15) is 5.76 Å². The molecule has 1 aliphatic heterocycles. The van der Waals surface area contributed by atoms with Gasteiger partial charge in [0.05, 0.1) is 22.1 Å². The average Bonchev–Trinajstić information content (AvgIpc) is 3.19. The second-order valence-electron chi connectivity index (χ2n) is 6.19. The minimum atomic E-state index is 0.0753. The van der Waals surface area contributed by atoms with Gasteiger partial charge in [-0.1, -0.05) is 11.3 Å². The maximum absolute atomic E-state index is 11.8. The molecule has 2 aliphatic carbocycles. The van der Waals surface area contributed by atoms with Crippen LogP contribution in [-0.2, 0) is 0 Å². The van der Waals surface area contributed by atoms with E-state index in [1.165, 1.54) is 35.5 Å². The van der Waals surface area contributed by atoms with E-state index in [1.807, 2.05) is 17.8 Å². The fraction of sp³-hybridized carbons (Fsp3) is 0.533. The Morgan fingerprint density at radius 2 is 2.20 bits per heavy atom. The van der Waals surface area contributed by atoms with E-state index in [1.54, 1.807) is 6.26 Å². The molecular formula is C15H15NO2S2. The Labute approximate surface area is 124 Å². The highest BCUT2D eigenvalue weighted by Gasteiger charge is 2.55. The Kier molecular flexibility index (Phi) is 2.36. The second kappa shape index (κ2) is 4.04. The van der Waals surface area contributed by atoms with E-state index >= 15 is 0 Å². The number of hydrogen-bond donors (Lipinski definition) is 1. The maximum Gasteiger partial charge on any atom is 0.305 e. The number of nitrogens with one attached hydrogen (secondary N) is 1. The van der Waals surface area contributed by atoms with Crippen LogP contribution in [0.4, 0.5) is 0 Å². The van der Waals surface area contributed by atoms with Gasteiger partial charge < -0.3 is 9.40 Å². The zero-order valence-electron chi connectivity index (χ0n) is 10.9. The molecule has 0 saturated heterocycles. The zero-order valence-corrected chi connectivity index (χ0v) is 12.5. The summed E-state index contributed by atoms with van der Waals surface area (Å²) in [5.41, 5.74) is 0. The van der Waals surface area contributed by atoms with Gasteiger partial charge in [0.25, 0.3) is 0 Å². The minimum Gasteiger partial charge on any atom is -0.469 e. The first-order valence-corrected chi connectivity index (χ1v) is 8.94. The van der Waals surface area contributed by atoms with Crippen LogP contribution in [-0.4, -0.2) is 10.2 Å². The number of fused-ring (bicyclic) bond motifs is 6. The van der Waals surface area contributed by atoms with Crippen molar-refractivity contribution in [3.8, 4) is 0 Å². The van der Waals surface area contributed by atoms with Crippen molar-refractivity contribution in [2.75, 3.05) is 0 Å². The van der Waals surface area contributed by atoms with Gasteiger partial charge >= 0.3 is 4.87 Å². The highest BCUT2D eigenvalue weighted by atomic mass is 32.2. The minimum absolute atomic E-state index is 0.0753. The summed E-state index contributed by atoms with van der Waals surface area (Å²) in [5, 5.41) is 1.77. The topological polar surface area (TPSA) is 46.0 Å². The van der Waals surface area contributed by atoms with Crippen molar-refractivity contribution in [2.24, 2.45) is 17.8 Å². The summed E-state index contributed by atoms with van der Waals surface area (Å²) < 4.78 is 5.74. The standard InChI is InChI=1S/C15H15NO2S2/c17-15-16-14-13(20-15)11(9-2-1-5-18-9)10-7-3-4-8(6-7)12(10)19-14/h1-2,5,7-8,10-12H,3-4,6H2,(H,16,17)/t7-,8+,10-,11+,12+/m1/s1. The quantitative estimate of drug-likeness (QED) is 0.874. The number of aromatic nitrogens is 1. The lowest BCUT2D eigenvalue weighted by Gasteiger charge is -2.38. The van der Waals surface area contributed by atoms with Crippen LogP contribution in [0.1, 0.15) is 35.8 Å². The van der Waals surface area contributed by atoms with Gasteiger partial charge in [-0.25, -0.2) is 0 Å². The molecule has 0 aromatic carbocycles. The van der Waals surface area contributed by atoms with Gasteiger partial charge in [-0.05, 0) is 49.1 Å². The summed E-state index contributed by atoms with van der Waals surface area (Å²) in [5.74, 6) is 3.65. The van der Waals surface area contributed by atoms with Crippen LogP contribution in [0.3, 0.4) is 0 Å². The molecule has 5 heteroatoms. The molecule has 0 unspecified atom stereocenters. The molecule has 3 nitrogen and oxygen atoms in total. The van der Waals surface area contributed by atoms with Crippen molar-refractivity contribution in [2.45, 2.75) is 35.5 Å². The van der Waals surface area contributed by atoms with Gasteiger partial charge in [0, 0.05) is 5.25 Å². The van der Waals surface area contributed by atoms with Crippen molar-refractivity contribution in [1.29, 1.82) is 0 Å². The molecule has 3 heterocycles. The van der Waals surface area contributed by atoms with E-state index in [0.717, 1.165) is 22.6 Å². The monoisotopic (exact) mass is 305 g/mol. The summed E-state index contributed by atoms with van der Waals surface area (Å²) in [4.78, 5) is 16.1. The highest BCUT2D eigenvalue weighted by molar-refractivity contribution is 8.00. The molecule has 0 spiro atoms. The largest absolute Gasteiger partial charge is 0.469 e. The lowest BCUT2D eigenvalue weighted by atomic mass is 9.77. The Bertz CT molecular complexity index is 702. The van der Waals surface area contributed by atoms with Crippen LogP contribution in [0.15, 0.2) is 32.6 Å². The molecule has 0 amide bonds.